The van der Waals surface area contributed by atoms with E-state index in [4.69, 9.17) is 0 Å². The number of amides is 1. The quantitative estimate of drug-likeness (QED) is 0.902. The topological polar surface area (TPSA) is 60.9 Å². The van der Waals surface area contributed by atoms with Crippen LogP contribution in [0.25, 0.3) is 0 Å². The number of benzene rings is 1. The van der Waals surface area contributed by atoms with E-state index in [-0.39, 0.29) is 5.91 Å². The summed E-state index contributed by atoms with van der Waals surface area (Å²) in [6.07, 6.45) is 1.29. The lowest BCUT2D eigenvalue weighted by molar-refractivity contribution is -0.150. The highest BCUT2D eigenvalue weighted by atomic mass is 16.4. The average molecular weight is 276 g/mol. The summed E-state index contributed by atoms with van der Waals surface area (Å²) in [5.74, 6) is -1.05. The molecule has 0 saturated carbocycles. The molecule has 0 aromatic heterocycles. The first-order chi connectivity index (χ1) is 9.52. The van der Waals surface area contributed by atoms with Crippen molar-refractivity contribution in [1.82, 2.24) is 9.80 Å². The molecule has 108 valence electrons. The van der Waals surface area contributed by atoms with Crippen molar-refractivity contribution in [3.05, 3.63) is 35.9 Å². The second kappa shape index (κ2) is 6.05. The van der Waals surface area contributed by atoms with Crippen LogP contribution in [-0.2, 0) is 9.59 Å². The van der Waals surface area contributed by atoms with Crippen LogP contribution in [0.2, 0.25) is 0 Å². The molecular weight excluding hydrogens is 256 g/mol. The van der Waals surface area contributed by atoms with E-state index in [1.54, 1.807) is 0 Å². The Kier molecular flexibility index (Phi) is 4.39. The molecule has 1 fully saturated rings. The maximum atomic E-state index is 12.7. The van der Waals surface area contributed by atoms with Gasteiger partial charge in [0.15, 0.2) is 0 Å². The summed E-state index contributed by atoms with van der Waals surface area (Å²) in [4.78, 5) is 27.3. The van der Waals surface area contributed by atoms with Crippen molar-refractivity contribution >= 4 is 11.9 Å². The monoisotopic (exact) mass is 276 g/mol. The van der Waals surface area contributed by atoms with Crippen molar-refractivity contribution in [3.8, 4) is 0 Å². The van der Waals surface area contributed by atoms with Crippen LogP contribution in [0.4, 0.5) is 0 Å². The highest BCUT2D eigenvalue weighted by Crippen LogP contribution is 2.26. The summed E-state index contributed by atoms with van der Waals surface area (Å²) in [5, 5.41) is 9.22. The molecule has 0 unspecified atom stereocenters. The van der Waals surface area contributed by atoms with E-state index < -0.39 is 18.1 Å². The molecule has 0 aliphatic carbocycles. The van der Waals surface area contributed by atoms with Crippen LogP contribution in [-0.4, -0.2) is 53.5 Å². The van der Waals surface area contributed by atoms with Gasteiger partial charge in [-0.15, -0.1) is 0 Å². The molecule has 1 saturated heterocycles. The van der Waals surface area contributed by atoms with Crippen LogP contribution in [0.5, 0.6) is 0 Å². The predicted octanol–water partition coefficient (Wildman–Crippen LogP) is 1.36. The highest BCUT2D eigenvalue weighted by molar-refractivity contribution is 5.88. The second-order valence-electron chi connectivity index (χ2n) is 5.30. The zero-order chi connectivity index (χ0) is 14.7. The fourth-order valence-corrected chi connectivity index (χ4v) is 2.74. The molecule has 5 heteroatoms. The molecule has 0 spiro atoms. The van der Waals surface area contributed by atoms with Crippen molar-refractivity contribution in [3.63, 3.8) is 0 Å². The number of carbonyl (C=O) groups is 2. The number of aliphatic carboxylic acids is 1. The molecule has 20 heavy (non-hydrogen) atoms. The van der Waals surface area contributed by atoms with Gasteiger partial charge in [-0.1, -0.05) is 30.3 Å². The molecule has 1 aromatic carbocycles. The predicted molar refractivity (Wildman–Crippen MR) is 75.2 cm³/mol. The van der Waals surface area contributed by atoms with Gasteiger partial charge in [-0.25, -0.2) is 4.79 Å². The normalized spacial score (nSPS) is 20.1. The van der Waals surface area contributed by atoms with Crippen LogP contribution in [0.15, 0.2) is 30.3 Å². The largest absolute Gasteiger partial charge is 0.480 e. The van der Waals surface area contributed by atoms with Crippen molar-refractivity contribution in [2.45, 2.75) is 24.9 Å². The van der Waals surface area contributed by atoms with Crippen LogP contribution in [0.3, 0.4) is 0 Å². The number of carboxylic acid groups (broad SMARTS) is 1. The van der Waals surface area contributed by atoms with Crippen LogP contribution in [0, 0.1) is 0 Å². The molecule has 1 amide bonds. The van der Waals surface area contributed by atoms with E-state index in [2.05, 4.69) is 0 Å². The molecule has 0 bridgehead atoms. The minimum Gasteiger partial charge on any atom is -0.480 e. The molecule has 1 aromatic rings. The Morgan fingerprint density at radius 1 is 1.30 bits per heavy atom. The Labute approximate surface area is 118 Å². The lowest BCUT2D eigenvalue weighted by Crippen LogP contribution is -2.45. The Balaban J connectivity index is 2.26. The summed E-state index contributed by atoms with van der Waals surface area (Å²) < 4.78 is 0. The highest BCUT2D eigenvalue weighted by Gasteiger charge is 2.38. The fraction of sp³-hybridized carbons (Fsp3) is 0.467. The summed E-state index contributed by atoms with van der Waals surface area (Å²) in [6, 6.07) is 8.35. The van der Waals surface area contributed by atoms with Gasteiger partial charge in [0.2, 0.25) is 5.91 Å². The summed E-state index contributed by atoms with van der Waals surface area (Å²) in [6.45, 7) is 0.521. The van der Waals surface area contributed by atoms with Crippen LogP contribution in [0.1, 0.15) is 24.4 Å². The fourth-order valence-electron chi connectivity index (χ4n) is 2.74. The first-order valence-corrected chi connectivity index (χ1v) is 6.77. The minimum atomic E-state index is -0.915. The van der Waals surface area contributed by atoms with E-state index in [0.717, 1.165) is 12.0 Å². The van der Waals surface area contributed by atoms with E-state index in [1.807, 2.05) is 49.3 Å². The van der Waals surface area contributed by atoms with Gasteiger partial charge < -0.3 is 10.0 Å². The molecule has 0 radical (unpaired) electrons. The third-order valence-corrected chi connectivity index (χ3v) is 3.69. The molecule has 1 aliphatic rings. The number of carboxylic acids is 1. The van der Waals surface area contributed by atoms with E-state index in [1.165, 1.54) is 4.90 Å². The number of hydrogen-bond donors (Lipinski definition) is 1. The van der Waals surface area contributed by atoms with Crippen molar-refractivity contribution in [1.29, 1.82) is 0 Å². The summed E-state index contributed by atoms with van der Waals surface area (Å²) in [7, 11) is 3.67. The molecule has 1 N–H and O–H groups in total. The molecular formula is C15H20N2O3. The van der Waals surface area contributed by atoms with Gasteiger partial charge in [0.1, 0.15) is 12.1 Å². The zero-order valence-electron chi connectivity index (χ0n) is 11.8. The summed E-state index contributed by atoms with van der Waals surface area (Å²) >= 11 is 0. The van der Waals surface area contributed by atoms with Crippen LogP contribution >= 0.6 is 0 Å². The first-order valence-electron chi connectivity index (χ1n) is 6.77. The second-order valence-corrected chi connectivity index (χ2v) is 5.30. The molecule has 2 rings (SSSR count). The SMILES string of the molecule is CN(C)[C@H](C(=O)N1CCC[C@H]1C(=O)O)c1ccccc1. The van der Waals surface area contributed by atoms with Gasteiger partial charge in [-0.05, 0) is 32.5 Å². The first kappa shape index (κ1) is 14.5. The molecule has 1 aliphatic heterocycles. The number of carbonyl (C=O) groups excluding carboxylic acids is 1. The van der Waals surface area contributed by atoms with Gasteiger partial charge in [0, 0.05) is 6.54 Å². The molecule has 2 atom stereocenters. The summed E-state index contributed by atoms with van der Waals surface area (Å²) in [5.41, 5.74) is 0.888. The van der Waals surface area contributed by atoms with Gasteiger partial charge >= 0.3 is 5.97 Å². The standard InChI is InChI=1S/C15H20N2O3/c1-16(2)13(11-7-4-3-5-8-11)14(18)17-10-6-9-12(17)15(19)20/h3-5,7-8,12-13H,6,9-10H2,1-2H3,(H,19,20)/t12-,13-/m0/s1. The Morgan fingerprint density at radius 2 is 1.95 bits per heavy atom. The van der Waals surface area contributed by atoms with Gasteiger partial charge in [-0.3, -0.25) is 9.69 Å². The minimum absolute atomic E-state index is 0.133. The van der Waals surface area contributed by atoms with Gasteiger partial charge in [-0.2, -0.15) is 0 Å². The third kappa shape index (κ3) is 2.82. The zero-order valence-corrected chi connectivity index (χ0v) is 11.8. The number of likely N-dealkylation sites (N-methyl/N-ethyl adjacent to an activating group) is 1. The van der Waals surface area contributed by atoms with Crippen molar-refractivity contribution < 1.29 is 14.7 Å². The Bertz CT molecular complexity index is 487. The number of nitrogens with zero attached hydrogens (tertiary/aromatic N) is 2. The maximum Gasteiger partial charge on any atom is 0.326 e. The third-order valence-electron chi connectivity index (χ3n) is 3.69. The molecule has 1 heterocycles. The maximum absolute atomic E-state index is 12.7. The molecule has 5 nitrogen and oxygen atoms in total. The Hall–Kier alpha value is -1.88. The average Bonchev–Trinajstić information content (AvgIpc) is 2.89. The lowest BCUT2D eigenvalue weighted by atomic mass is 10.0. The Morgan fingerprint density at radius 3 is 2.50 bits per heavy atom. The van der Waals surface area contributed by atoms with Crippen molar-refractivity contribution in [2.75, 3.05) is 20.6 Å². The number of likely N-dealkylation sites (tertiary alicyclic amines) is 1. The lowest BCUT2D eigenvalue weighted by Gasteiger charge is -2.30. The van der Waals surface area contributed by atoms with Gasteiger partial charge in [0.05, 0.1) is 0 Å². The van der Waals surface area contributed by atoms with E-state index in [0.29, 0.717) is 13.0 Å². The van der Waals surface area contributed by atoms with Crippen molar-refractivity contribution in [2.24, 2.45) is 0 Å². The van der Waals surface area contributed by atoms with Gasteiger partial charge in [0.25, 0.3) is 0 Å². The number of rotatable bonds is 4. The van der Waals surface area contributed by atoms with E-state index >= 15 is 0 Å². The van der Waals surface area contributed by atoms with Crippen LogP contribution < -0.4 is 0 Å². The van der Waals surface area contributed by atoms with E-state index in [9.17, 15) is 14.7 Å². The number of hydrogen-bond acceptors (Lipinski definition) is 3. The smallest absolute Gasteiger partial charge is 0.326 e.